The maximum Gasteiger partial charge on any atom is 0.0282 e. The molecule has 1 aliphatic heterocycles. The average Bonchev–Trinajstić information content (AvgIpc) is 1.86. The van der Waals surface area contributed by atoms with Crippen LogP contribution in [0.15, 0.2) is 0 Å². The van der Waals surface area contributed by atoms with Crippen molar-refractivity contribution in [1.82, 2.24) is 5.32 Å². The Hall–Kier alpha value is 0.920. The fourth-order valence-electron chi connectivity index (χ4n) is 0.619. The van der Waals surface area contributed by atoms with Crippen molar-refractivity contribution in [2.45, 2.75) is 11.2 Å². The van der Waals surface area contributed by atoms with Crippen molar-refractivity contribution in [3.63, 3.8) is 0 Å². The first kappa shape index (κ1) is 7.92. The van der Waals surface area contributed by atoms with Crippen LogP contribution in [0.25, 0.3) is 0 Å². The third-order valence-electron chi connectivity index (χ3n) is 1.00. The molecule has 0 bridgehead atoms. The molecule has 1 nitrogen and oxygen atoms in total. The summed E-state index contributed by atoms with van der Waals surface area (Å²) in [6.45, 7) is 2.34. The van der Waals surface area contributed by atoms with Crippen molar-refractivity contribution >= 4 is 32.9 Å². The topological polar surface area (TPSA) is 12.0 Å². The average molecular weight is 231 g/mol. The third kappa shape index (κ3) is 2.67. The van der Waals surface area contributed by atoms with Crippen LogP contribution in [-0.2, 0) is 0 Å². The van der Waals surface area contributed by atoms with Gasteiger partial charge in [-0.25, -0.2) is 0 Å². The van der Waals surface area contributed by atoms with E-state index in [9.17, 15) is 0 Å². The molecule has 1 N–H and O–H groups in total. The lowest BCUT2D eigenvalue weighted by Crippen LogP contribution is -2.07. The largest absolute Gasteiger partial charge is 0.316 e. The minimum absolute atomic E-state index is 0. The first-order valence-corrected chi connectivity index (χ1v) is 3.16. The molecule has 0 aromatic carbocycles. The zero-order chi connectivity index (χ0) is 4.41. The van der Waals surface area contributed by atoms with Crippen LogP contribution in [0.4, 0.5) is 0 Å². The van der Waals surface area contributed by atoms with Crippen molar-refractivity contribution in [3.8, 4) is 0 Å². The molecule has 0 spiro atoms. The molecule has 3 heteroatoms. The van der Waals surface area contributed by atoms with Gasteiger partial charge in [0, 0.05) is 11.4 Å². The molecule has 0 aliphatic carbocycles. The summed E-state index contributed by atoms with van der Waals surface area (Å²) in [7, 11) is 0. The van der Waals surface area contributed by atoms with Gasteiger partial charge >= 0.3 is 0 Å². The summed E-state index contributed by atoms with van der Waals surface area (Å²) < 4.78 is 0. The van der Waals surface area contributed by atoms with Crippen LogP contribution in [0, 0.1) is 0 Å². The molecule has 1 aliphatic rings. The van der Waals surface area contributed by atoms with E-state index in [0.29, 0.717) is 0 Å². The highest BCUT2D eigenvalue weighted by Gasteiger charge is 2.07. The van der Waals surface area contributed by atoms with Gasteiger partial charge in [-0.05, 0) is 13.0 Å². The minimum Gasteiger partial charge on any atom is -0.316 e. The summed E-state index contributed by atoms with van der Waals surface area (Å²) >= 11 is 3.48. The Balaban J connectivity index is 0.000000360. The van der Waals surface area contributed by atoms with Gasteiger partial charge in [-0.2, -0.15) is 0 Å². The van der Waals surface area contributed by atoms with Gasteiger partial charge < -0.3 is 5.32 Å². The maximum atomic E-state index is 3.48. The van der Waals surface area contributed by atoms with E-state index in [-0.39, 0.29) is 17.0 Å². The standard InChI is InChI=1S/C4H8BrN.BrH/c5-4-1-2-6-3-4;/h4,6H,1-3H2;1H. The fourth-order valence-corrected chi connectivity index (χ4v) is 1.08. The molecule has 1 fully saturated rings. The van der Waals surface area contributed by atoms with Crippen LogP contribution in [0.2, 0.25) is 0 Å². The van der Waals surface area contributed by atoms with Crippen molar-refractivity contribution in [2.75, 3.05) is 13.1 Å². The number of hydrogen-bond donors (Lipinski definition) is 1. The van der Waals surface area contributed by atoms with E-state index in [2.05, 4.69) is 21.2 Å². The molecule has 1 saturated heterocycles. The summed E-state index contributed by atoms with van der Waals surface area (Å²) in [5, 5.41) is 3.23. The lowest BCUT2D eigenvalue weighted by atomic mass is 10.4. The highest BCUT2D eigenvalue weighted by molar-refractivity contribution is 9.09. The van der Waals surface area contributed by atoms with Crippen molar-refractivity contribution in [3.05, 3.63) is 0 Å². The predicted octanol–water partition coefficient (Wildman–Crippen LogP) is 1.32. The van der Waals surface area contributed by atoms with Gasteiger partial charge in [0.2, 0.25) is 0 Å². The fraction of sp³-hybridized carbons (Fsp3) is 1.00. The van der Waals surface area contributed by atoms with Gasteiger partial charge in [-0.15, -0.1) is 17.0 Å². The van der Waals surface area contributed by atoms with Crippen LogP contribution in [0.5, 0.6) is 0 Å². The number of hydrogen-bond acceptors (Lipinski definition) is 1. The van der Waals surface area contributed by atoms with Crippen LogP contribution in [-0.4, -0.2) is 17.9 Å². The Morgan fingerprint density at radius 3 is 2.43 bits per heavy atom. The molecule has 0 saturated carbocycles. The van der Waals surface area contributed by atoms with Crippen molar-refractivity contribution in [1.29, 1.82) is 0 Å². The van der Waals surface area contributed by atoms with Gasteiger partial charge in [0.1, 0.15) is 0 Å². The lowest BCUT2D eigenvalue weighted by Gasteiger charge is -1.88. The number of rotatable bonds is 0. The molecule has 0 aromatic rings. The van der Waals surface area contributed by atoms with Gasteiger partial charge in [-0.1, -0.05) is 15.9 Å². The smallest absolute Gasteiger partial charge is 0.0282 e. The van der Waals surface area contributed by atoms with Crippen molar-refractivity contribution in [2.24, 2.45) is 0 Å². The van der Waals surface area contributed by atoms with E-state index < -0.39 is 0 Å². The first-order valence-electron chi connectivity index (χ1n) is 2.24. The quantitative estimate of drug-likeness (QED) is 0.620. The molecular weight excluding hydrogens is 222 g/mol. The normalized spacial score (nSPS) is 29.6. The molecule has 1 atom stereocenters. The van der Waals surface area contributed by atoms with Crippen LogP contribution in [0.1, 0.15) is 6.42 Å². The van der Waals surface area contributed by atoms with E-state index in [1.165, 1.54) is 13.0 Å². The molecular formula is C4H9Br2N. The van der Waals surface area contributed by atoms with E-state index in [1.807, 2.05) is 0 Å². The lowest BCUT2D eigenvalue weighted by molar-refractivity contribution is 0.859. The molecule has 1 rings (SSSR count). The molecule has 1 unspecified atom stereocenters. The van der Waals surface area contributed by atoms with Gasteiger partial charge in [0.25, 0.3) is 0 Å². The zero-order valence-electron chi connectivity index (χ0n) is 3.98. The Bertz CT molecular complexity index is 43.0. The van der Waals surface area contributed by atoms with Crippen LogP contribution >= 0.6 is 32.9 Å². The SMILES string of the molecule is Br.BrC1CCNC1. The van der Waals surface area contributed by atoms with E-state index >= 15 is 0 Å². The second-order valence-corrected chi connectivity index (χ2v) is 2.89. The van der Waals surface area contributed by atoms with Gasteiger partial charge in [0.15, 0.2) is 0 Å². The number of nitrogens with one attached hydrogen (secondary N) is 1. The second kappa shape index (κ2) is 3.87. The monoisotopic (exact) mass is 229 g/mol. The van der Waals surface area contributed by atoms with Gasteiger partial charge in [-0.3, -0.25) is 0 Å². The summed E-state index contributed by atoms with van der Waals surface area (Å²) in [6.07, 6.45) is 1.29. The molecule has 1 heterocycles. The molecule has 0 aromatic heterocycles. The summed E-state index contributed by atoms with van der Waals surface area (Å²) in [6, 6.07) is 0. The maximum absolute atomic E-state index is 3.48. The zero-order valence-corrected chi connectivity index (χ0v) is 7.28. The molecule has 0 radical (unpaired) electrons. The minimum atomic E-state index is 0. The van der Waals surface area contributed by atoms with Gasteiger partial charge in [0.05, 0.1) is 0 Å². The number of alkyl halides is 1. The molecule has 7 heavy (non-hydrogen) atoms. The summed E-state index contributed by atoms with van der Waals surface area (Å²) in [5.74, 6) is 0. The van der Waals surface area contributed by atoms with Crippen molar-refractivity contribution < 1.29 is 0 Å². The van der Waals surface area contributed by atoms with Crippen LogP contribution < -0.4 is 5.32 Å². The Kier molecular flexibility index (Phi) is 4.37. The summed E-state index contributed by atoms with van der Waals surface area (Å²) in [5.41, 5.74) is 0. The Labute approximate surface area is 62.8 Å². The van der Waals surface area contributed by atoms with Crippen LogP contribution in [0.3, 0.4) is 0 Å². The second-order valence-electron chi connectivity index (χ2n) is 1.59. The first-order chi connectivity index (χ1) is 2.89. The molecule has 44 valence electrons. The van der Waals surface area contributed by atoms with E-state index in [1.54, 1.807) is 0 Å². The third-order valence-corrected chi connectivity index (χ3v) is 1.78. The number of halogens is 2. The highest BCUT2D eigenvalue weighted by atomic mass is 79.9. The Morgan fingerprint density at radius 2 is 2.29 bits per heavy atom. The Morgan fingerprint density at radius 1 is 1.57 bits per heavy atom. The highest BCUT2D eigenvalue weighted by Crippen LogP contribution is 2.06. The molecule has 0 amide bonds. The van der Waals surface area contributed by atoms with E-state index in [0.717, 1.165) is 11.4 Å². The summed E-state index contributed by atoms with van der Waals surface area (Å²) in [4.78, 5) is 0.748. The van der Waals surface area contributed by atoms with E-state index in [4.69, 9.17) is 0 Å². The predicted molar refractivity (Wildman–Crippen MR) is 40.5 cm³/mol.